The monoisotopic (exact) mass is 252 g/mol. The van der Waals surface area contributed by atoms with Gasteiger partial charge in [-0.3, -0.25) is 0 Å². The largest absolute Gasteiger partial charge is 0.507 e. The van der Waals surface area contributed by atoms with Gasteiger partial charge in [0.2, 0.25) is 0 Å². The number of para-hydroxylation sites is 2. The van der Waals surface area contributed by atoms with Gasteiger partial charge in [-0.25, -0.2) is 4.79 Å². The molecule has 0 saturated carbocycles. The van der Waals surface area contributed by atoms with E-state index in [1.54, 1.807) is 18.2 Å². The van der Waals surface area contributed by atoms with Crippen LogP contribution in [-0.4, -0.2) is 5.11 Å². The molecule has 0 spiro atoms. The summed E-state index contributed by atoms with van der Waals surface area (Å²) in [5, 5.41) is 10.8. The van der Waals surface area contributed by atoms with E-state index < -0.39 is 0 Å². The van der Waals surface area contributed by atoms with Crippen LogP contribution in [0.15, 0.2) is 57.7 Å². The second-order valence-electron chi connectivity index (χ2n) is 4.45. The molecule has 1 N–H and O–H groups in total. The summed E-state index contributed by atoms with van der Waals surface area (Å²) in [6, 6.07) is 14.1. The lowest BCUT2D eigenvalue weighted by Crippen LogP contribution is -1.98. The molecule has 2 aromatic carbocycles. The van der Waals surface area contributed by atoms with E-state index in [0.717, 1.165) is 16.5 Å². The van der Waals surface area contributed by atoms with E-state index in [-0.39, 0.29) is 11.4 Å². The van der Waals surface area contributed by atoms with E-state index in [4.69, 9.17) is 4.42 Å². The van der Waals surface area contributed by atoms with Gasteiger partial charge in [-0.1, -0.05) is 36.4 Å². The molecular weight excluding hydrogens is 240 g/mol. The summed E-state index contributed by atoms with van der Waals surface area (Å²) >= 11 is 0. The highest BCUT2D eigenvalue weighted by atomic mass is 16.4. The predicted octanol–water partition coefficient (Wildman–Crippen LogP) is 3.47. The minimum atomic E-state index is -0.382. The maximum atomic E-state index is 11.5. The molecule has 0 radical (unpaired) electrons. The summed E-state index contributed by atoms with van der Waals surface area (Å²) in [6.45, 7) is 1.87. The Morgan fingerprint density at radius 1 is 1.00 bits per heavy atom. The first-order valence-electron chi connectivity index (χ1n) is 5.98. The first-order valence-corrected chi connectivity index (χ1v) is 5.98. The van der Waals surface area contributed by atoms with E-state index in [1.165, 1.54) is 6.07 Å². The summed E-state index contributed by atoms with van der Waals surface area (Å²) in [4.78, 5) is 11.5. The van der Waals surface area contributed by atoms with Crippen LogP contribution in [0.3, 0.4) is 0 Å². The third-order valence-electron chi connectivity index (χ3n) is 3.17. The Bertz CT molecular complexity index is 816. The van der Waals surface area contributed by atoms with Crippen molar-refractivity contribution in [2.45, 2.75) is 6.92 Å². The van der Waals surface area contributed by atoms with Crippen molar-refractivity contribution in [2.75, 3.05) is 0 Å². The van der Waals surface area contributed by atoms with Gasteiger partial charge in [0.1, 0.15) is 11.3 Å². The smallest absolute Gasteiger partial charge is 0.336 e. The molecule has 3 rings (SSSR count). The van der Waals surface area contributed by atoms with Crippen LogP contribution in [0.4, 0.5) is 0 Å². The van der Waals surface area contributed by atoms with Crippen molar-refractivity contribution >= 4 is 11.0 Å². The first kappa shape index (κ1) is 11.5. The number of hydrogen-bond acceptors (Lipinski definition) is 3. The van der Waals surface area contributed by atoms with Gasteiger partial charge in [-0.15, -0.1) is 0 Å². The van der Waals surface area contributed by atoms with Crippen molar-refractivity contribution < 1.29 is 9.52 Å². The Labute approximate surface area is 109 Å². The Hall–Kier alpha value is -2.55. The highest BCUT2D eigenvalue weighted by Crippen LogP contribution is 2.34. The molecule has 0 amide bonds. The molecule has 0 bridgehead atoms. The lowest BCUT2D eigenvalue weighted by molar-refractivity contribution is 0.477. The maximum Gasteiger partial charge on any atom is 0.336 e. The number of aromatic hydroxyl groups is 1. The second kappa shape index (κ2) is 4.28. The number of aryl methyl sites for hydroxylation is 1. The van der Waals surface area contributed by atoms with Crippen molar-refractivity contribution in [3.05, 3.63) is 64.5 Å². The van der Waals surface area contributed by atoms with Gasteiger partial charge >= 0.3 is 5.63 Å². The maximum absolute atomic E-state index is 11.5. The number of hydrogen-bond donors (Lipinski definition) is 1. The normalized spacial score (nSPS) is 10.8. The van der Waals surface area contributed by atoms with Gasteiger partial charge in [0.15, 0.2) is 0 Å². The van der Waals surface area contributed by atoms with Crippen molar-refractivity contribution in [2.24, 2.45) is 0 Å². The number of phenolic OH excluding ortho intramolecular Hbond substituents is 1. The quantitative estimate of drug-likeness (QED) is 0.674. The molecule has 0 aliphatic carbocycles. The summed E-state index contributed by atoms with van der Waals surface area (Å²) in [5.74, 6) is 0.166. The fourth-order valence-electron chi connectivity index (χ4n) is 2.26. The molecule has 19 heavy (non-hydrogen) atoms. The zero-order valence-corrected chi connectivity index (χ0v) is 10.4. The summed E-state index contributed by atoms with van der Waals surface area (Å²) in [6.07, 6.45) is 0. The van der Waals surface area contributed by atoms with Crippen molar-refractivity contribution in [1.82, 2.24) is 0 Å². The highest BCUT2D eigenvalue weighted by molar-refractivity contribution is 5.94. The molecule has 0 fully saturated rings. The number of benzene rings is 2. The zero-order chi connectivity index (χ0) is 13.4. The van der Waals surface area contributed by atoms with Crippen molar-refractivity contribution in [3.8, 4) is 16.9 Å². The number of fused-ring (bicyclic) bond motifs is 1. The van der Waals surface area contributed by atoms with E-state index in [0.29, 0.717) is 11.1 Å². The van der Waals surface area contributed by atoms with Gasteiger partial charge < -0.3 is 9.52 Å². The zero-order valence-electron chi connectivity index (χ0n) is 10.4. The van der Waals surface area contributed by atoms with E-state index in [2.05, 4.69) is 0 Å². The molecule has 3 aromatic rings. The summed E-state index contributed by atoms with van der Waals surface area (Å²) < 4.78 is 5.32. The number of rotatable bonds is 1. The van der Waals surface area contributed by atoms with Crippen LogP contribution < -0.4 is 5.63 Å². The van der Waals surface area contributed by atoms with Crippen LogP contribution in [-0.2, 0) is 0 Å². The molecule has 3 heteroatoms. The minimum absolute atomic E-state index is 0.166. The standard InChI is InChI=1S/C16H12O3/c1-10-9-15(18)19-16-11(10)6-4-7-13(16)12-5-2-3-8-14(12)17/h2-9,17H,1H3. The summed E-state index contributed by atoms with van der Waals surface area (Å²) in [7, 11) is 0. The van der Waals surface area contributed by atoms with E-state index in [1.807, 2.05) is 31.2 Å². The van der Waals surface area contributed by atoms with E-state index in [9.17, 15) is 9.90 Å². The Morgan fingerprint density at radius 2 is 1.74 bits per heavy atom. The van der Waals surface area contributed by atoms with Crippen LogP contribution in [0.2, 0.25) is 0 Å². The minimum Gasteiger partial charge on any atom is -0.507 e. The summed E-state index contributed by atoms with van der Waals surface area (Å²) in [5.41, 5.74) is 2.36. The molecule has 0 aliphatic rings. The third-order valence-corrected chi connectivity index (χ3v) is 3.17. The molecular formula is C16H12O3. The molecule has 0 unspecified atom stereocenters. The molecule has 0 atom stereocenters. The van der Waals surface area contributed by atoms with E-state index >= 15 is 0 Å². The lowest BCUT2D eigenvalue weighted by Gasteiger charge is -2.08. The molecule has 1 aromatic heterocycles. The van der Waals surface area contributed by atoms with Crippen molar-refractivity contribution in [3.63, 3.8) is 0 Å². The second-order valence-corrected chi connectivity index (χ2v) is 4.45. The predicted molar refractivity (Wildman–Crippen MR) is 74.3 cm³/mol. The molecule has 0 aliphatic heterocycles. The van der Waals surface area contributed by atoms with Gasteiger partial charge in [0.05, 0.1) is 0 Å². The van der Waals surface area contributed by atoms with Crippen LogP contribution in [0.1, 0.15) is 5.56 Å². The fraction of sp³-hybridized carbons (Fsp3) is 0.0625. The average molecular weight is 252 g/mol. The first-order chi connectivity index (χ1) is 9.16. The van der Waals surface area contributed by atoms with Crippen LogP contribution in [0.25, 0.3) is 22.1 Å². The third kappa shape index (κ3) is 1.89. The SMILES string of the molecule is Cc1cc(=O)oc2c(-c3ccccc3O)cccc12. The van der Waals surface area contributed by atoms with Gasteiger partial charge in [-0.05, 0) is 18.6 Å². The molecule has 94 valence electrons. The topological polar surface area (TPSA) is 50.4 Å². The van der Waals surface area contributed by atoms with Gasteiger partial charge in [-0.2, -0.15) is 0 Å². The lowest BCUT2D eigenvalue weighted by atomic mass is 10.0. The van der Waals surface area contributed by atoms with Crippen LogP contribution in [0.5, 0.6) is 5.75 Å². The molecule has 0 saturated heterocycles. The number of phenols is 1. The van der Waals surface area contributed by atoms with Crippen LogP contribution >= 0.6 is 0 Å². The average Bonchev–Trinajstić information content (AvgIpc) is 2.39. The molecule has 1 heterocycles. The highest BCUT2D eigenvalue weighted by Gasteiger charge is 2.11. The van der Waals surface area contributed by atoms with Gasteiger partial charge in [0.25, 0.3) is 0 Å². The Balaban J connectivity index is 2.43. The molecule has 3 nitrogen and oxygen atoms in total. The van der Waals surface area contributed by atoms with Gasteiger partial charge in [0, 0.05) is 22.6 Å². The van der Waals surface area contributed by atoms with Crippen molar-refractivity contribution in [1.29, 1.82) is 0 Å². The Morgan fingerprint density at radius 3 is 2.53 bits per heavy atom. The fourth-order valence-corrected chi connectivity index (χ4v) is 2.26. The van der Waals surface area contributed by atoms with Crippen LogP contribution in [0, 0.1) is 6.92 Å². The Kier molecular flexibility index (Phi) is 2.60.